The molecule has 2 aromatic rings. The minimum Gasteiger partial charge on any atom is -0.496 e. The van der Waals surface area contributed by atoms with Gasteiger partial charge in [-0.3, -0.25) is 4.79 Å². The molecule has 0 amide bonds. The fraction of sp³-hybridized carbons (Fsp3) is 0.0833. The van der Waals surface area contributed by atoms with Gasteiger partial charge in [0.25, 0.3) is 0 Å². The van der Waals surface area contributed by atoms with E-state index in [0.717, 1.165) is 29.5 Å². The lowest BCUT2D eigenvalue weighted by atomic mass is 10.1. The van der Waals surface area contributed by atoms with Gasteiger partial charge in [-0.15, -0.1) is 11.3 Å². The zero-order valence-electron chi connectivity index (χ0n) is 8.87. The lowest BCUT2D eigenvalue weighted by molar-refractivity contribution is 0.103. The third-order valence-corrected chi connectivity index (χ3v) is 3.12. The van der Waals surface area contributed by atoms with Crippen LogP contribution in [0, 0.1) is 11.6 Å². The number of ether oxygens (including phenoxy) is 1. The van der Waals surface area contributed by atoms with Crippen molar-refractivity contribution in [1.82, 2.24) is 0 Å². The van der Waals surface area contributed by atoms with E-state index in [0.29, 0.717) is 10.6 Å². The average molecular weight is 254 g/mol. The van der Waals surface area contributed by atoms with Crippen molar-refractivity contribution < 1.29 is 18.3 Å². The predicted molar refractivity (Wildman–Crippen MR) is 60.7 cm³/mol. The molecule has 0 aliphatic heterocycles. The number of halogens is 2. The second-order valence-electron chi connectivity index (χ2n) is 3.30. The van der Waals surface area contributed by atoms with Crippen molar-refractivity contribution in [1.29, 1.82) is 0 Å². The summed E-state index contributed by atoms with van der Waals surface area (Å²) in [5, 5.41) is 1.63. The van der Waals surface area contributed by atoms with Gasteiger partial charge in [-0.1, -0.05) is 0 Å². The van der Waals surface area contributed by atoms with Crippen LogP contribution in [-0.4, -0.2) is 12.9 Å². The van der Waals surface area contributed by atoms with Crippen LogP contribution in [0.3, 0.4) is 0 Å². The van der Waals surface area contributed by atoms with Crippen LogP contribution in [0.5, 0.6) is 5.75 Å². The zero-order valence-corrected chi connectivity index (χ0v) is 9.68. The molecule has 0 saturated heterocycles. The first kappa shape index (κ1) is 11.7. The molecule has 0 aliphatic carbocycles. The maximum Gasteiger partial charge on any atom is 0.206 e. The van der Waals surface area contributed by atoms with Crippen LogP contribution in [0.1, 0.15) is 15.2 Å². The van der Waals surface area contributed by atoms with Crippen molar-refractivity contribution in [2.75, 3.05) is 7.11 Å². The van der Waals surface area contributed by atoms with Crippen LogP contribution >= 0.6 is 11.3 Å². The number of hydrogen-bond acceptors (Lipinski definition) is 3. The Morgan fingerprint density at radius 1 is 1.29 bits per heavy atom. The van der Waals surface area contributed by atoms with Crippen molar-refractivity contribution in [2.45, 2.75) is 0 Å². The molecule has 2 rings (SSSR count). The molecule has 0 atom stereocenters. The summed E-state index contributed by atoms with van der Waals surface area (Å²) in [6, 6.07) is 4.30. The summed E-state index contributed by atoms with van der Waals surface area (Å²) < 4.78 is 31.3. The highest BCUT2D eigenvalue weighted by molar-refractivity contribution is 7.12. The number of thiophene rings is 1. The Morgan fingerprint density at radius 3 is 2.71 bits per heavy atom. The molecular weight excluding hydrogens is 246 g/mol. The summed E-state index contributed by atoms with van der Waals surface area (Å²) in [5.41, 5.74) is -0.269. The van der Waals surface area contributed by atoms with Crippen LogP contribution in [0.2, 0.25) is 0 Å². The molecule has 0 radical (unpaired) electrons. The Bertz CT molecular complexity index is 563. The maximum absolute atomic E-state index is 13.4. The van der Waals surface area contributed by atoms with Gasteiger partial charge < -0.3 is 4.74 Å². The Labute approximate surface area is 100 Å². The van der Waals surface area contributed by atoms with Gasteiger partial charge in [0.05, 0.1) is 17.6 Å². The number of benzene rings is 1. The van der Waals surface area contributed by atoms with Crippen LogP contribution in [0.25, 0.3) is 0 Å². The van der Waals surface area contributed by atoms with Crippen LogP contribution in [0.15, 0.2) is 29.6 Å². The first-order valence-corrected chi connectivity index (χ1v) is 5.62. The van der Waals surface area contributed by atoms with Crippen molar-refractivity contribution >= 4 is 17.1 Å². The van der Waals surface area contributed by atoms with Gasteiger partial charge in [0.15, 0.2) is 0 Å². The molecule has 0 bridgehead atoms. The summed E-state index contributed by atoms with van der Waals surface area (Å²) in [6.45, 7) is 0. The van der Waals surface area contributed by atoms with E-state index in [1.165, 1.54) is 13.2 Å². The van der Waals surface area contributed by atoms with Crippen molar-refractivity contribution in [3.05, 3.63) is 51.7 Å². The van der Waals surface area contributed by atoms with Gasteiger partial charge in [0.1, 0.15) is 17.4 Å². The zero-order chi connectivity index (χ0) is 12.4. The molecule has 1 aromatic carbocycles. The Balaban J connectivity index is 2.39. The predicted octanol–water partition coefficient (Wildman–Crippen LogP) is 3.27. The standard InChI is InChI=1S/C12H8F2O2S/c1-16-8-5-11(17-6-8)12(15)9-4-7(13)2-3-10(9)14/h2-6H,1H3. The Hall–Kier alpha value is -1.75. The van der Waals surface area contributed by atoms with E-state index in [9.17, 15) is 13.6 Å². The Kier molecular flexibility index (Phi) is 3.19. The van der Waals surface area contributed by atoms with Crippen LogP contribution in [-0.2, 0) is 0 Å². The number of rotatable bonds is 3. The monoisotopic (exact) mass is 254 g/mol. The molecule has 0 saturated carbocycles. The molecule has 0 aliphatic rings. The second-order valence-corrected chi connectivity index (χ2v) is 4.22. The van der Waals surface area contributed by atoms with E-state index in [1.54, 1.807) is 5.38 Å². The third kappa shape index (κ3) is 2.34. The molecule has 1 aromatic heterocycles. The first-order chi connectivity index (χ1) is 8.11. The summed E-state index contributed by atoms with van der Waals surface area (Å²) in [4.78, 5) is 12.2. The lowest BCUT2D eigenvalue weighted by Gasteiger charge is -2.00. The summed E-state index contributed by atoms with van der Waals surface area (Å²) >= 11 is 1.13. The normalized spacial score (nSPS) is 10.3. The lowest BCUT2D eigenvalue weighted by Crippen LogP contribution is -2.02. The maximum atomic E-state index is 13.4. The molecule has 2 nitrogen and oxygen atoms in total. The molecule has 0 fully saturated rings. The number of ketones is 1. The molecule has 17 heavy (non-hydrogen) atoms. The highest BCUT2D eigenvalue weighted by Gasteiger charge is 2.17. The number of carbonyl (C=O) groups excluding carboxylic acids is 1. The molecule has 0 spiro atoms. The Morgan fingerprint density at radius 2 is 2.06 bits per heavy atom. The number of carbonyl (C=O) groups is 1. The van der Waals surface area contributed by atoms with Gasteiger partial charge in [0, 0.05) is 11.4 Å². The van der Waals surface area contributed by atoms with Crippen LogP contribution in [0.4, 0.5) is 8.78 Å². The van der Waals surface area contributed by atoms with Gasteiger partial charge in [0.2, 0.25) is 5.78 Å². The first-order valence-electron chi connectivity index (χ1n) is 4.74. The molecule has 5 heteroatoms. The summed E-state index contributed by atoms with van der Waals surface area (Å²) in [6.07, 6.45) is 0. The number of hydrogen-bond donors (Lipinski definition) is 0. The molecular formula is C12H8F2O2S. The quantitative estimate of drug-likeness (QED) is 0.786. The largest absolute Gasteiger partial charge is 0.496 e. The van der Waals surface area contributed by atoms with E-state index >= 15 is 0 Å². The van der Waals surface area contributed by atoms with Gasteiger partial charge in [-0.2, -0.15) is 0 Å². The van der Waals surface area contributed by atoms with E-state index in [-0.39, 0.29) is 5.56 Å². The molecule has 1 heterocycles. The highest BCUT2D eigenvalue weighted by Crippen LogP contribution is 2.24. The SMILES string of the molecule is COc1csc(C(=O)c2cc(F)ccc2F)c1. The topological polar surface area (TPSA) is 26.3 Å². The van der Waals surface area contributed by atoms with Gasteiger partial charge >= 0.3 is 0 Å². The molecule has 88 valence electrons. The average Bonchev–Trinajstić information content (AvgIpc) is 2.80. The van der Waals surface area contributed by atoms with Crippen molar-refractivity contribution in [2.24, 2.45) is 0 Å². The van der Waals surface area contributed by atoms with Gasteiger partial charge in [-0.25, -0.2) is 8.78 Å². The molecule has 0 N–H and O–H groups in total. The minimum atomic E-state index is -0.733. The third-order valence-electron chi connectivity index (χ3n) is 2.21. The smallest absolute Gasteiger partial charge is 0.206 e. The second kappa shape index (κ2) is 4.63. The fourth-order valence-electron chi connectivity index (χ4n) is 1.35. The van der Waals surface area contributed by atoms with Crippen molar-refractivity contribution in [3.63, 3.8) is 0 Å². The van der Waals surface area contributed by atoms with E-state index < -0.39 is 17.4 Å². The van der Waals surface area contributed by atoms with E-state index in [1.807, 2.05) is 0 Å². The van der Waals surface area contributed by atoms with Crippen LogP contribution < -0.4 is 4.74 Å². The van der Waals surface area contributed by atoms with Crippen molar-refractivity contribution in [3.8, 4) is 5.75 Å². The highest BCUT2D eigenvalue weighted by atomic mass is 32.1. The minimum absolute atomic E-state index is 0.269. The summed E-state index contributed by atoms with van der Waals surface area (Å²) in [7, 11) is 1.47. The number of methoxy groups -OCH3 is 1. The van der Waals surface area contributed by atoms with E-state index in [4.69, 9.17) is 4.74 Å². The van der Waals surface area contributed by atoms with Gasteiger partial charge in [-0.05, 0) is 18.2 Å². The summed E-state index contributed by atoms with van der Waals surface area (Å²) in [5.74, 6) is -1.40. The van der Waals surface area contributed by atoms with E-state index in [2.05, 4.69) is 0 Å². The fourth-order valence-corrected chi connectivity index (χ4v) is 2.16. The molecule has 0 unspecified atom stereocenters.